The third kappa shape index (κ3) is 4.21. The van der Waals surface area contributed by atoms with Crippen LogP contribution in [0.4, 0.5) is 6.01 Å². The monoisotopic (exact) mass is 286 g/mol. The molecule has 9 heteroatoms. The number of nitrogens with two attached hydrogens (primary N) is 1. The Hall–Kier alpha value is -1.61. The van der Waals surface area contributed by atoms with Crippen LogP contribution in [0.15, 0.2) is 4.42 Å². The SMILES string of the molecule is NC(CSCC(=O)Nc1nnc(C2CC2)o1)C(=O)O. The van der Waals surface area contributed by atoms with E-state index in [2.05, 4.69) is 15.5 Å². The Morgan fingerprint density at radius 3 is 2.89 bits per heavy atom. The first-order valence-electron chi connectivity index (χ1n) is 5.75. The smallest absolute Gasteiger partial charge is 0.322 e. The van der Waals surface area contributed by atoms with Crippen LogP contribution in [-0.2, 0) is 9.59 Å². The van der Waals surface area contributed by atoms with Crippen molar-refractivity contribution in [3.63, 3.8) is 0 Å². The number of carbonyl (C=O) groups excluding carboxylic acids is 1. The Morgan fingerprint density at radius 2 is 2.26 bits per heavy atom. The van der Waals surface area contributed by atoms with Gasteiger partial charge in [-0.1, -0.05) is 5.10 Å². The zero-order valence-corrected chi connectivity index (χ0v) is 10.9. The van der Waals surface area contributed by atoms with Gasteiger partial charge in [0, 0.05) is 11.7 Å². The molecule has 0 bridgehead atoms. The van der Waals surface area contributed by atoms with E-state index < -0.39 is 12.0 Å². The van der Waals surface area contributed by atoms with Gasteiger partial charge in [-0.25, -0.2) is 0 Å². The fourth-order valence-corrected chi connectivity index (χ4v) is 2.06. The minimum Gasteiger partial charge on any atom is -0.480 e. The Labute approximate surface area is 113 Å². The summed E-state index contributed by atoms with van der Waals surface area (Å²) in [7, 11) is 0. The molecule has 1 amide bonds. The fourth-order valence-electron chi connectivity index (χ4n) is 1.29. The summed E-state index contributed by atoms with van der Waals surface area (Å²) in [5.74, 6) is -0.272. The molecule has 1 aromatic rings. The lowest BCUT2D eigenvalue weighted by Crippen LogP contribution is -2.33. The molecule has 1 unspecified atom stereocenters. The number of thioether (sulfide) groups is 1. The van der Waals surface area contributed by atoms with Gasteiger partial charge in [-0.15, -0.1) is 16.9 Å². The van der Waals surface area contributed by atoms with Crippen LogP contribution in [0.1, 0.15) is 24.7 Å². The van der Waals surface area contributed by atoms with Gasteiger partial charge in [0.1, 0.15) is 6.04 Å². The maximum atomic E-state index is 11.5. The molecule has 19 heavy (non-hydrogen) atoms. The Morgan fingerprint density at radius 1 is 1.53 bits per heavy atom. The molecule has 104 valence electrons. The van der Waals surface area contributed by atoms with Crippen LogP contribution in [0.2, 0.25) is 0 Å². The van der Waals surface area contributed by atoms with E-state index in [1.165, 1.54) is 0 Å². The number of carboxylic acids is 1. The third-order valence-corrected chi connectivity index (χ3v) is 3.52. The van der Waals surface area contributed by atoms with Crippen LogP contribution in [0.3, 0.4) is 0 Å². The van der Waals surface area contributed by atoms with Crippen LogP contribution < -0.4 is 11.1 Å². The predicted molar refractivity (Wildman–Crippen MR) is 67.8 cm³/mol. The highest BCUT2D eigenvalue weighted by Crippen LogP contribution is 2.39. The van der Waals surface area contributed by atoms with Crippen molar-refractivity contribution in [3.8, 4) is 0 Å². The molecule has 4 N–H and O–H groups in total. The number of hydrogen-bond acceptors (Lipinski definition) is 7. The second-order valence-corrected chi connectivity index (χ2v) is 5.26. The summed E-state index contributed by atoms with van der Waals surface area (Å²) in [5, 5.41) is 18.6. The molecular formula is C10H14N4O4S. The molecule has 2 rings (SSSR count). The van der Waals surface area contributed by atoms with Gasteiger partial charge in [0.2, 0.25) is 11.8 Å². The lowest BCUT2D eigenvalue weighted by Gasteiger charge is -2.04. The summed E-state index contributed by atoms with van der Waals surface area (Å²) >= 11 is 1.13. The standard InChI is InChI=1S/C10H14N4O4S/c11-6(9(16)17)3-19-4-7(15)12-10-14-13-8(18-10)5-1-2-5/h5-6H,1-4,11H2,(H,16,17)(H,12,14,15). The van der Waals surface area contributed by atoms with E-state index in [4.69, 9.17) is 15.3 Å². The summed E-state index contributed by atoms with van der Waals surface area (Å²) in [6.07, 6.45) is 2.08. The first-order valence-corrected chi connectivity index (χ1v) is 6.91. The topological polar surface area (TPSA) is 131 Å². The third-order valence-electron chi connectivity index (χ3n) is 2.46. The first kappa shape index (κ1) is 13.8. The van der Waals surface area contributed by atoms with E-state index in [0.29, 0.717) is 11.8 Å². The van der Waals surface area contributed by atoms with Crippen LogP contribution in [0, 0.1) is 0 Å². The van der Waals surface area contributed by atoms with Crippen molar-refractivity contribution in [3.05, 3.63) is 5.89 Å². The number of nitrogens with zero attached hydrogens (tertiary/aromatic N) is 2. The average Bonchev–Trinajstić information content (AvgIpc) is 3.10. The highest BCUT2D eigenvalue weighted by Gasteiger charge is 2.29. The zero-order chi connectivity index (χ0) is 13.8. The molecule has 0 radical (unpaired) electrons. The maximum Gasteiger partial charge on any atom is 0.322 e. The summed E-state index contributed by atoms with van der Waals surface area (Å²) < 4.78 is 5.26. The number of carboxylic acid groups (broad SMARTS) is 1. The largest absolute Gasteiger partial charge is 0.480 e. The molecule has 1 aliphatic rings. The minimum absolute atomic E-state index is 0.0787. The van der Waals surface area contributed by atoms with E-state index in [0.717, 1.165) is 24.6 Å². The van der Waals surface area contributed by atoms with E-state index in [-0.39, 0.29) is 23.4 Å². The van der Waals surface area contributed by atoms with Crippen LogP contribution in [0.25, 0.3) is 0 Å². The summed E-state index contributed by atoms with van der Waals surface area (Å²) in [6, 6.07) is -0.891. The molecule has 1 aliphatic carbocycles. The van der Waals surface area contributed by atoms with Crippen molar-refractivity contribution in [2.75, 3.05) is 16.8 Å². The maximum absolute atomic E-state index is 11.5. The molecule has 0 spiro atoms. The number of aromatic nitrogens is 2. The number of nitrogens with one attached hydrogen (secondary N) is 1. The van der Waals surface area contributed by atoms with Gasteiger partial charge in [-0.05, 0) is 12.8 Å². The fraction of sp³-hybridized carbons (Fsp3) is 0.600. The van der Waals surface area contributed by atoms with E-state index in [1.807, 2.05) is 0 Å². The van der Waals surface area contributed by atoms with Gasteiger partial charge in [-0.2, -0.15) is 0 Å². The predicted octanol–water partition coefficient (Wildman–Crippen LogP) is 0.0306. The first-order chi connectivity index (χ1) is 9.06. The second-order valence-electron chi connectivity index (χ2n) is 4.23. The molecule has 1 heterocycles. The summed E-state index contributed by atoms with van der Waals surface area (Å²) in [6.45, 7) is 0. The number of amides is 1. The highest BCUT2D eigenvalue weighted by molar-refractivity contribution is 8.00. The molecule has 1 atom stereocenters. The van der Waals surface area contributed by atoms with E-state index >= 15 is 0 Å². The van der Waals surface area contributed by atoms with Crippen molar-refractivity contribution < 1.29 is 19.1 Å². The van der Waals surface area contributed by atoms with Gasteiger partial charge >= 0.3 is 12.0 Å². The van der Waals surface area contributed by atoms with E-state index in [1.54, 1.807) is 0 Å². The van der Waals surface area contributed by atoms with Gasteiger partial charge < -0.3 is 15.3 Å². The van der Waals surface area contributed by atoms with Gasteiger partial charge in [-0.3, -0.25) is 14.9 Å². The Kier molecular flexibility index (Phi) is 4.38. The molecule has 0 aromatic carbocycles. The highest BCUT2D eigenvalue weighted by atomic mass is 32.2. The van der Waals surface area contributed by atoms with E-state index in [9.17, 15) is 9.59 Å². The molecule has 1 saturated carbocycles. The number of anilines is 1. The lowest BCUT2D eigenvalue weighted by molar-refractivity contribution is -0.137. The number of carbonyl (C=O) groups is 2. The molecule has 0 aliphatic heterocycles. The van der Waals surface area contributed by atoms with Crippen molar-refractivity contribution in [2.45, 2.75) is 24.8 Å². The lowest BCUT2D eigenvalue weighted by atomic mass is 10.4. The second kappa shape index (κ2) is 6.02. The molecule has 1 aromatic heterocycles. The van der Waals surface area contributed by atoms with Gasteiger partial charge in [0.25, 0.3) is 0 Å². The van der Waals surface area contributed by atoms with Crippen LogP contribution >= 0.6 is 11.8 Å². The van der Waals surface area contributed by atoms with Crippen molar-refractivity contribution in [1.82, 2.24) is 10.2 Å². The van der Waals surface area contributed by atoms with Gasteiger partial charge in [0.15, 0.2) is 0 Å². The summed E-state index contributed by atoms with van der Waals surface area (Å²) in [4.78, 5) is 22.0. The Balaban J connectivity index is 1.69. The average molecular weight is 286 g/mol. The Bertz CT molecular complexity index is 474. The molecular weight excluding hydrogens is 272 g/mol. The number of rotatable bonds is 7. The van der Waals surface area contributed by atoms with Crippen LogP contribution in [0.5, 0.6) is 0 Å². The number of hydrogen-bond donors (Lipinski definition) is 3. The molecule has 1 fully saturated rings. The normalized spacial score (nSPS) is 16.1. The summed E-state index contributed by atoms with van der Waals surface area (Å²) in [5.41, 5.74) is 5.31. The van der Waals surface area contributed by atoms with Crippen LogP contribution in [-0.4, -0.2) is 44.7 Å². The molecule has 8 nitrogen and oxygen atoms in total. The number of aliphatic carboxylic acids is 1. The zero-order valence-electron chi connectivity index (χ0n) is 10.0. The van der Waals surface area contributed by atoms with Crippen molar-refractivity contribution in [1.29, 1.82) is 0 Å². The molecule has 0 saturated heterocycles. The van der Waals surface area contributed by atoms with Gasteiger partial charge in [0.05, 0.1) is 5.75 Å². The van der Waals surface area contributed by atoms with Crippen molar-refractivity contribution in [2.24, 2.45) is 5.73 Å². The quantitative estimate of drug-likeness (QED) is 0.639. The van der Waals surface area contributed by atoms with Crippen molar-refractivity contribution >= 4 is 29.7 Å². The minimum atomic E-state index is -1.08.